The fourth-order valence-corrected chi connectivity index (χ4v) is 7.71. The second-order valence-electron chi connectivity index (χ2n) is 10.3. The third-order valence-electron chi connectivity index (χ3n) is 7.93. The van der Waals surface area contributed by atoms with Crippen molar-refractivity contribution in [3.05, 3.63) is 75.9 Å². The number of nitrogens with zero attached hydrogens (tertiary/aromatic N) is 2. The average Bonchev–Trinajstić information content (AvgIpc) is 3.31. The predicted molar refractivity (Wildman–Crippen MR) is 133 cm³/mol. The molecular formula is C28H27N2O3S+. The van der Waals surface area contributed by atoms with Gasteiger partial charge in [0.2, 0.25) is 5.52 Å². The Bertz CT molecular complexity index is 1450. The first kappa shape index (κ1) is 20.4. The monoisotopic (exact) mass is 471 g/mol. The van der Waals surface area contributed by atoms with E-state index in [1.54, 1.807) is 0 Å². The molecule has 34 heavy (non-hydrogen) atoms. The summed E-state index contributed by atoms with van der Waals surface area (Å²) in [5, 5.41) is 10.6. The molecule has 0 fully saturated rings. The van der Waals surface area contributed by atoms with Crippen molar-refractivity contribution >= 4 is 38.8 Å². The van der Waals surface area contributed by atoms with E-state index < -0.39 is 5.97 Å². The Hall–Kier alpha value is -2.96. The van der Waals surface area contributed by atoms with Gasteiger partial charge in [0.25, 0.3) is 5.01 Å². The summed E-state index contributed by atoms with van der Waals surface area (Å²) < 4.78 is 10.6. The van der Waals surface area contributed by atoms with Crippen molar-refractivity contribution in [2.24, 2.45) is 0 Å². The number of carbonyl (C=O) groups is 1. The molecule has 1 N–H and O–H groups in total. The third kappa shape index (κ3) is 2.75. The van der Waals surface area contributed by atoms with Crippen LogP contribution in [-0.2, 0) is 27.9 Å². The van der Waals surface area contributed by atoms with E-state index in [1.165, 1.54) is 43.3 Å². The van der Waals surface area contributed by atoms with Gasteiger partial charge in [-0.15, -0.1) is 0 Å². The predicted octanol–water partition coefficient (Wildman–Crippen LogP) is 4.83. The number of para-hydroxylation sites is 1. The number of hydrogen-bond donors (Lipinski definition) is 1. The minimum Gasteiger partial charge on any atom is -0.481 e. The lowest BCUT2D eigenvalue weighted by molar-refractivity contribution is -0.674. The smallest absolute Gasteiger partial charge is 0.307 e. The van der Waals surface area contributed by atoms with Crippen LogP contribution in [0.1, 0.15) is 42.8 Å². The normalized spacial score (nSPS) is 24.2. The van der Waals surface area contributed by atoms with Crippen molar-refractivity contribution in [2.45, 2.75) is 57.3 Å². The second-order valence-corrected chi connectivity index (χ2v) is 11.4. The van der Waals surface area contributed by atoms with Gasteiger partial charge in [-0.3, -0.25) is 4.79 Å². The molecule has 2 aromatic carbocycles. The van der Waals surface area contributed by atoms with Gasteiger partial charge in [0.15, 0.2) is 6.54 Å². The van der Waals surface area contributed by atoms with E-state index in [4.69, 9.17) is 4.74 Å². The number of carboxylic acid groups (broad SMARTS) is 1. The summed E-state index contributed by atoms with van der Waals surface area (Å²) in [6.07, 6.45) is 4.74. The SMILES string of the molecule is CC1(C)C2=C3C=C4c5sc6ccccc6[n+]5CCC4OC3CCN2c2ccc(CC(=O)O)cc21. The highest BCUT2D eigenvalue weighted by Gasteiger charge is 2.48. The molecule has 6 heteroatoms. The maximum atomic E-state index is 11.3. The number of rotatable bonds is 2. The molecule has 0 saturated heterocycles. The first-order valence-corrected chi connectivity index (χ1v) is 12.9. The number of thiazole rings is 1. The summed E-state index contributed by atoms with van der Waals surface area (Å²) in [5.74, 6) is -0.791. The number of fused-ring (bicyclic) bond motifs is 9. The highest BCUT2D eigenvalue weighted by molar-refractivity contribution is 7.19. The van der Waals surface area contributed by atoms with Crippen LogP contribution in [0, 0.1) is 0 Å². The van der Waals surface area contributed by atoms with Crippen molar-refractivity contribution in [3.63, 3.8) is 0 Å². The molecule has 7 rings (SSSR count). The Morgan fingerprint density at radius 1 is 1.21 bits per heavy atom. The lowest BCUT2D eigenvalue weighted by atomic mass is 9.78. The zero-order valence-corrected chi connectivity index (χ0v) is 20.2. The first-order valence-electron chi connectivity index (χ1n) is 12.1. The summed E-state index contributed by atoms with van der Waals surface area (Å²) >= 11 is 1.87. The highest BCUT2D eigenvalue weighted by Crippen LogP contribution is 2.53. The molecule has 0 saturated carbocycles. The fraction of sp³-hybridized carbons (Fsp3) is 0.357. The lowest BCUT2D eigenvalue weighted by Gasteiger charge is -2.41. The van der Waals surface area contributed by atoms with Crippen LogP contribution in [0.5, 0.6) is 0 Å². The van der Waals surface area contributed by atoms with Crippen LogP contribution in [0.4, 0.5) is 5.69 Å². The largest absolute Gasteiger partial charge is 0.481 e. The number of ether oxygens (including phenoxy) is 1. The molecule has 3 aromatic rings. The molecule has 0 amide bonds. The quantitative estimate of drug-likeness (QED) is 0.544. The van der Waals surface area contributed by atoms with Crippen molar-refractivity contribution in [3.8, 4) is 0 Å². The Morgan fingerprint density at radius 3 is 2.91 bits per heavy atom. The Balaban J connectivity index is 1.40. The molecule has 172 valence electrons. The minimum absolute atomic E-state index is 0.0542. The van der Waals surface area contributed by atoms with E-state index in [2.05, 4.69) is 65.8 Å². The molecule has 0 aliphatic carbocycles. The number of allylic oxidation sites excluding steroid dienone is 1. The van der Waals surface area contributed by atoms with Crippen molar-refractivity contribution in [2.75, 3.05) is 11.4 Å². The van der Waals surface area contributed by atoms with Gasteiger partial charge in [-0.1, -0.05) is 49.4 Å². The lowest BCUT2D eigenvalue weighted by Crippen LogP contribution is -2.48. The van der Waals surface area contributed by atoms with Crippen LogP contribution < -0.4 is 9.47 Å². The van der Waals surface area contributed by atoms with Crippen molar-refractivity contribution in [1.29, 1.82) is 0 Å². The average molecular weight is 472 g/mol. The van der Waals surface area contributed by atoms with E-state index in [9.17, 15) is 9.90 Å². The molecule has 2 unspecified atom stereocenters. The van der Waals surface area contributed by atoms with Crippen LogP contribution in [0.2, 0.25) is 0 Å². The number of anilines is 1. The molecule has 4 aliphatic heterocycles. The van der Waals surface area contributed by atoms with Gasteiger partial charge in [-0.25, -0.2) is 0 Å². The zero-order valence-electron chi connectivity index (χ0n) is 19.4. The Kier molecular flexibility index (Phi) is 4.22. The Labute approximate surface area is 202 Å². The standard InChI is InChI=1S/C28H26N2O3S/c1-28(2)19-13-16(14-25(31)32)7-8-20(19)29-11-9-22-17(26(28)29)15-18-23(33-22)10-12-30-21-5-3-4-6-24(21)34-27(18)30/h3-8,13,15,22-23H,9-12,14H2,1-2H3/p+1. The van der Waals surface area contributed by atoms with Gasteiger partial charge in [0.05, 0.1) is 24.2 Å². The van der Waals surface area contributed by atoms with Crippen LogP contribution in [0.3, 0.4) is 0 Å². The number of benzene rings is 2. The van der Waals surface area contributed by atoms with Crippen LogP contribution in [-0.4, -0.2) is 29.8 Å². The third-order valence-corrected chi connectivity index (χ3v) is 9.15. The summed E-state index contributed by atoms with van der Waals surface area (Å²) in [4.78, 5) is 13.8. The summed E-state index contributed by atoms with van der Waals surface area (Å²) in [6, 6.07) is 14.9. The Morgan fingerprint density at radius 2 is 2.06 bits per heavy atom. The molecular weight excluding hydrogens is 444 g/mol. The molecule has 0 spiro atoms. The van der Waals surface area contributed by atoms with Gasteiger partial charge in [0, 0.05) is 41.4 Å². The van der Waals surface area contributed by atoms with Crippen LogP contribution >= 0.6 is 11.3 Å². The minimum atomic E-state index is -0.791. The summed E-state index contributed by atoms with van der Waals surface area (Å²) in [6.45, 7) is 6.46. The van der Waals surface area contributed by atoms with E-state index in [0.29, 0.717) is 0 Å². The van der Waals surface area contributed by atoms with Gasteiger partial charge < -0.3 is 14.7 Å². The number of aryl methyl sites for hydroxylation is 1. The van der Waals surface area contributed by atoms with Crippen LogP contribution in [0.25, 0.3) is 15.8 Å². The van der Waals surface area contributed by atoms with Gasteiger partial charge in [-0.2, -0.15) is 4.57 Å². The maximum absolute atomic E-state index is 11.3. The van der Waals surface area contributed by atoms with E-state index in [1.807, 2.05) is 17.4 Å². The molecule has 4 aliphatic rings. The maximum Gasteiger partial charge on any atom is 0.307 e. The molecule has 2 atom stereocenters. The molecule has 1 aromatic heterocycles. The van der Waals surface area contributed by atoms with Gasteiger partial charge in [0.1, 0.15) is 4.70 Å². The van der Waals surface area contributed by atoms with E-state index in [-0.39, 0.29) is 24.0 Å². The summed E-state index contributed by atoms with van der Waals surface area (Å²) in [5.41, 5.74) is 8.31. The van der Waals surface area contributed by atoms with Crippen molar-refractivity contribution in [1.82, 2.24) is 0 Å². The van der Waals surface area contributed by atoms with E-state index in [0.717, 1.165) is 31.5 Å². The molecule has 0 bridgehead atoms. The molecule has 5 heterocycles. The zero-order chi connectivity index (χ0) is 23.2. The summed E-state index contributed by atoms with van der Waals surface area (Å²) in [7, 11) is 0. The number of hydrogen-bond acceptors (Lipinski definition) is 4. The van der Waals surface area contributed by atoms with Crippen molar-refractivity contribution < 1.29 is 19.2 Å². The number of aromatic nitrogens is 1. The van der Waals surface area contributed by atoms with Gasteiger partial charge in [-0.05, 0) is 35.8 Å². The second kappa shape index (κ2) is 7.03. The molecule has 0 radical (unpaired) electrons. The first-order chi connectivity index (χ1) is 16.4. The van der Waals surface area contributed by atoms with Gasteiger partial charge >= 0.3 is 5.97 Å². The van der Waals surface area contributed by atoms with Crippen LogP contribution in [0.15, 0.2) is 59.8 Å². The highest BCUT2D eigenvalue weighted by atomic mass is 32.1. The van der Waals surface area contributed by atoms with E-state index >= 15 is 0 Å². The fourth-order valence-electron chi connectivity index (χ4n) is 6.47. The molecule has 5 nitrogen and oxygen atoms in total. The number of aliphatic carboxylic acids is 1. The number of carboxylic acids is 1. The topological polar surface area (TPSA) is 53.7 Å².